The molecule has 0 radical (unpaired) electrons. The van der Waals surface area contributed by atoms with Crippen LogP contribution in [0.25, 0.3) is 0 Å². The lowest BCUT2D eigenvalue weighted by molar-refractivity contribution is -0.148. The smallest absolute Gasteiger partial charge is 0.329 e. The molecule has 0 aromatic heterocycles. The van der Waals surface area contributed by atoms with Crippen molar-refractivity contribution in [1.29, 1.82) is 0 Å². The summed E-state index contributed by atoms with van der Waals surface area (Å²) in [7, 11) is 0. The lowest BCUT2D eigenvalue weighted by atomic mass is 9.89. The van der Waals surface area contributed by atoms with E-state index in [-0.39, 0.29) is 11.6 Å². The molecule has 20 heavy (non-hydrogen) atoms. The number of likely N-dealkylation sites (tertiary alicyclic amines) is 1. The number of carbonyl (C=O) groups is 2. The van der Waals surface area contributed by atoms with Crippen LogP contribution in [-0.4, -0.2) is 39.6 Å². The van der Waals surface area contributed by atoms with E-state index in [0.29, 0.717) is 19.4 Å². The molecule has 0 aromatic carbocycles. The summed E-state index contributed by atoms with van der Waals surface area (Å²) in [6, 6.07) is -0.225. The van der Waals surface area contributed by atoms with Crippen molar-refractivity contribution in [3.05, 3.63) is 0 Å². The first-order chi connectivity index (χ1) is 9.41. The molecule has 0 aromatic rings. The quantitative estimate of drug-likeness (QED) is 0.787. The van der Waals surface area contributed by atoms with Crippen LogP contribution in [0.4, 0.5) is 4.79 Å². The van der Waals surface area contributed by atoms with Crippen LogP contribution >= 0.6 is 0 Å². The van der Waals surface area contributed by atoms with E-state index in [4.69, 9.17) is 0 Å². The summed E-state index contributed by atoms with van der Waals surface area (Å²) < 4.78 is 0. The topological polar surface area (TPSA) is 69.6 Å². The zero-order valence-electron chi connectivity index (χ0n) is 13.2. The fourth-order valence-electron chi connectivity index (χ4n) is 3.23. The van der Waals surface area contributed by atoms with E-state index in [2.05, 4.69) is 26.1 Å². The third-order valence-electron chi connectivity index (χ3n) is 5.12. The average Bonchev–Trinajstić information content (AvgIpc) is 2.90. The van der Waals surface area contributed by atoms with Crippen LogP contribution in [0.3, 0.4) is 0 Å². The Kier molecular flexibility index (Phi) is 5.42. The summed E-state index contributed by atoms with van der Waals surface area (Å²) in [5.41, 5.74) is -1.25. The number of amides is 2. The fraction of sp³-hybridized carbons (Fsp3) is 0.867. The van der Waals surface area contributed by atoms with Gasteiger partial charge < -0.3 is 15.3 Å². The summed E-state index contributed by atoms with van der Waals surface area (Å²) in [5, 5.41) is 12.6. The lowest BCUT2D eigenvalue weighted by Gasteiger charge is -2.38. The second kappa shape index (κ2) is 6.46. The monoisotopic (exact) mass is 284 g/mol. The predicted molar refractivity (Wildman–Crippen MR) is 78.7 cm³/mol. The van der Waals surface area contributed by atoms with Gasteiger partial charge in [-0.2, -0.15) is 0 Å². The number of hydrogen-bond acceptors (Lipinski definition) is 2. The number of nitrogens with one attached hydrogen (secondary N) is 1. The van der Waals surface area contributed by atoms with Crippen molar-refractivity contribution in [1.82, 2.24) is 10.2 Å². The average molecular weight is 284 g/mol. The third kappa shape index (κ3) is 2.76. The van der Waals surface area contributed by atoms with Gasteiger partial charge in [-0.1, -0.05) is 27.7 Å². The maximum atomic E-state index is 12.6. The maximum Gasteiger partial charge on any atom is 0.329 e. The Morgan fingerprint density at radius 1 is 1.20 bits per heavy atom. The molecule has 2 N–H and O–H groups in total. The van der Waals surface area contributed by atoms with Gasteiger partial charge in [-0.05, 0) is 38.5 Å². The molecule has 1 heterocycles. The molecule has 1 unspecified atom stereocenters. The summed E-state index contributed by atoms with van der Waals surface area (Å²) in [5.74, 6) is -0.886. The van der Waals surface area contributed by atoms with Crippen LogP contribution in [-0.2, 0) is 4.79 Å². The Morgan fingerprint density at radius 3 is 2.15 bits per heavy atom. The third-order valence-corrected chi connectivity index (χ3v) is 5.12. The van der Waals surface area contributed by atoms with Gasteiger partial charge in [-0.3, -0.25) is 0 Å². The van der Waals surface area contributed by atoms with Gasteiger partial charge in [0.25, 0.3) is 0 Å². The summed E-state index contributed by atoms with van der Waals surface area (Å²) in [6.45, 7) is 8.54. The summed E-state index contributed by atoms with van der Waals surface area (Å²) in [4.78, 5) is 25.7. The molecule has 0 bridgehead atoms. The van der Waals surface area contributed by atoms with Crippen LogP contribution in [0, 0.1) is 0 Å². The van der Waals surface area contributed by atoms with E-state index < -0.39 is 11.5 Å². The molecule has 0 spiro atoms. The van der Waals surface area contributed by atoms with Crippen molar-refractivity contribution in [2.45, 2.75) is 77.3 Å². The van der Waals surface area contributed by atoms with Gasteiger partial charge in [0.05, 0.1) is 0 Å². The number of nitrogens with zero attached hydrogens (tertiary/aromatic N) is 1. The molecule has 1 aliphatic rings. The van der Waals surface area contributed by atoms with Gasteiger partial charge in [0.15, 0.2) is 0 Å². The number of carboxylic acids is 1. The molecule has 2 amide bonds. The molecule has 5 nitrogen and oxygen atoms in total. The molecule has 5 heteroatoms. The molecule has 0 aliphatic carbocycles. The zero-order chi connectivity index (χ0) is 15.4. The van der Waals surface area contributed by atoms with Crippen molar-refractivity contribution in [3.63, 3.8) is 0 Å². The van der Waals surface area contributed by atoms with Crippen molar-refractivity contribution in [2.75, 3.05) is 6.54 Å². The van der Waals surface area contributed by atoms with Crippen molar-refractivity contribution in [3.8, 4) is 0 Å². The number of rotatable bonds is 6. The molecule has 116 valence electrons. The van der Waals surface area contributed by atoms with Crippen molar-refractivity contribution >= 4 is 12.0 Å². The minimum absolute atomic E-state index is 0.225. The second-order valence-corrected chi connectivity index (χ2v) is 5.72. The van der Waals surface area contributed by atoms with Gasteiger partial charge in [-0.15, -0.1) is 0 Å². The van der Waals surface area contributed by atoms with E-state index in [1.165, 1.54) is 4.90 Å². The molecule has 1 aliphatic heterocycles. The first-order valence-corrected chi connectivity index (χ1v) is 7.74. The van der Waals surface area contributed by atoms with Gasteiger partial charge >= 0.3 is 12.0 Å². The van der Waals surface area contributed by atoms with Crippen molar-refractivity contribution in [2.24, 2.45) is 0 Å². The van der Waals surface area contributed by atoms with Crippen LogP contribution in [0.2, 0.25) is 0 Å². The minimum Gasteiger partial charge on any atom is -0.479 e. The number of hydrogen-bond donors (Lipinski definition) is 2. The van der Waals surface area contributed by atoms with Crippen LogP contribution in [0.1, 0.15) is 66.2 Å². The van der Waals surface area contributed by atoms with Gasteiger partial charge in [0.1, 0.15) is 5.54 Å². The molecule has 1 saturated heterocycles. The largest absolute Gasteiger partial charge is 0.479 e. The predicted octanol–water partition coefficient (Wildman–Crippen LogP) is 2.99. The standard InChI is InChI=1S/C15H28N2O3/c1-5-14(6-2,7-3)16-13(20)17-11-9-10-15(17,8-4)12(18)19/h5-11H2,1-4H3,(H,16,20)(H,18,19). The minimum atomic E-state index is -1.02. The Labute approximate surface area is 121 Å². The highest BCUT2D eigenvalue weighted by Gasteiger charge is 2.49. The second-order valence-electron chi connectivity index (χ2n) is 5.72. The normalized spacial score (nSPS) is 22.9. The number of carbonyl (C=O) groups excluding carboxylic acids is 1. The molecule has 1 atom stereocenters. The first-order valence-electron chi connectivity index (χ1n) is 7.74. The number of aliphatic carboxylic acids is 1. The highest BCUT2D eigenvalue weighted by atomic mass is 16.4. The SMILES string of the molecule is CCC(CC)(CC)NC(=O)N1CCCC1(CC)C(=O)O. The summed E-state index contributed by atoms with van der Waals surface area (Å²) >= 11 is 0. The van der Waals surface area contributed by atoms with Crippen LogP contribution in [0.5, 0.6) is 0 Å². The van der Waals surface area contributed by atoms with Crippen LogP contribution in [0.15, 0.2) is 0 Å². The zero-order valence-corrected chi connectivity index (χ0v) is 13.2. The first kappa shape index (κ1) is 16.8. The highest BCUT2D eigenvalue weighted by Crippen LogP contribution is 2.33. The van der Waals surface area contributed by atoms with Gasteiger partial charge in [-0.25, -0.2) is 9.59 Å². The number of carboxylic acid groups (broad SMARTS) is 1. The van der Waals surface area contributed by atoms with Gasteiger partial charge in [0.2, 0.25) is 0 Å². The molecule has 1 fully saturated rings. The van der Waals surface area contributed by atoms with E-state index in [1.54, 1.807) is 0 Å². The van der Waals surface area contributed by atoms with Crippen molar-refractivity contribution < 1.29 is 14.7 Å². The molecule has 1 rings (SSSR count). The maximum absolute atomic E-state index is 12.6. The van der Waals surface area contributed by atoms with Gasteiger partial charge in [0, 0.05) is 12.1 Å². The van der Waals surface area contributed by atoms with E-state index >= 15 is 0 Å². The van der Waals surface area contributed by atoms with E-state index in [1.807, 2.05) is 6.92 Å². The molecule has 0 saturated carbocycles. The molecular weight excluding hydrogens is 256 g/mol. The summed E-state index contributed by atoms with van der Waals surface area (Å²) in [6.07, 6.45) is 4.31. The Balaban J connectivity index is 2.93. The van der Waals surface area contributed by atoms with E-state index in [0.717, 1.165) is 25.7 Å². The van der Waals surface area contributed by atoms with Crippen LogP contribution < -0.4 is 5.32 Å². The van der Waals surface area contributed by atoms with E-state index in [9.17, 15) is 14.7 Å². The Bertz CT molecular complexity index is 358. The Hall–Kier alpha value is -1.26. The highest BCUT2D eigenvalue weighted by molar-refractivity contribution is 5.87. The lowest BCUT2D eigenvalue weighted by Crippen LogP contribution is -2.59. The number of urea groups is 1. The fourth-order valence-corrected chi connectivity index (χ4v) is 3.23. The Morgan fingerprint density at radius 2 is 1.75 bits per heavy atom. The molecular formula is C15H28N2O3.